The third-order valence-corrected chi connectivity index (χ3v) is 7.91. The van der Waals surface area contributed by atoms with Crippen molar-refractivity contribution >= 4 is 68.1 Å². The van der Waals surface area contributed by atoms with Crippen molar-refractivity contribution in [2.24, 2.45) is 4.36 Å². The number of hydrogen-bond donors (Lipinski definition) is 3. The van der Waals surface area contributed by atoms with Gasteiger partial charge < -0.3 is 16.0 Å². The highest BCUT2D eigenvalue weighted by atomic mass is 35.5. The van der Waals surface area contributed by atoms with Gasteiger partial charge in [-0.15, -0.1) is 0 Å². The Morgan fingerprint density at radius 1 is 1.02 bits per heavy atom. The van der Waals surface area contributed by atoms with Gasteiger partial charge in [-0.2, -0.15) is 4.36 Å². The van der Waals surface area contributed by atoms with E-state index in [9.17, 15) is 23.4 Å². The van der Waals surface area contributed by atoms with E-state index in [1.54, 1.807) is 11.0 Å². The Labute approximate surface area is 240 Å². The van der Waals surface area contributed by atoms with E-state index in [1.807, 2.05) is 0 Å². The van der Waals surface area contributed by atoms with E-state index in [2.05, 4.69) is 25.3 Å². The lowest BCUT2D eigenvalue weighted by molar-refractivity contribution is -0.125. The number of carbonyl (C=O) groups is 4. The van der Waals surface area contributed by atoms with Gasteiger partial charge in [0.25, 0.3) is 17.7 Å². The van der Waals surface area contributed by atoms with Gasteiger partial charge in [0.05, 0.1) is 39.1 Å². The monoisotopic (exact) mass is 602 g/mol. The van der Waals surface area contributed by atoms with Crippen LogP contribution in [0, 0.1) is 0 Å². The highest BCUT2D eigenvalue weighted by molar-refractivity contribution is 7.93. The van der Waals surface area contributed by atoms with Crippen LogP contribution in [0.3, 0.4) is 0 Å². The van der Waals surface area contributed by atoms with Crippen molar-refractivity contribution in [3.8, 4) is 0 Å². The van der Waals surface area contributed by atoms with Gasteiger partial charge in [0.1, 0.15) is 5.82 Å². The van der Waals surface area contributed by atoms with Gasteiger partial charge in [-0.3, -0.25) is 24.1 Å². The number of nitrogens with zero attached hydrogens (tertiary/aromatic N) is 3. The number of piperazine rings is 1. The quantitative estimate of drug-likeness (QED) is 0.375. The molecule has 2 aromatic carbocycles. The molecule has 11 nitrogen and oxygen atoms in total. The van der Waals surface area contributed by atoms with Crippen LogP contribution >= 0.6 is 23.2 Å². The fourth-order valence-corrected chi connectivity index (χ4v) is 5.27. The number of carbonyl (C=O) groups excluding carboxylic acids is 4. The van der Waals surface area contributed by atoms with E-state index in [1.165, 1.54) is 61.0 Å². The Kier molecular flexibility index (Phi) is 9.15. The van der Waals surface area contributed by atoms with Crippen LogP contribution in [0.1, 0.15) is 20.7 Å². The minimum atomic E-state index is -3.10. The van der Waals surface area contributed by atoms with E-state index in [0.717, 1.165) is 0 Å². The largest absolute Gasteiger partial charge is 0.354 e. The summed E-state index contributed by atoms with van der Waals surface area (Å²) in [6, 6.07) is 13.3. The highest BCUT2D eigenvalue weighted by Gasteiger charge is 2.20. The number of anilines is 2. The van der Waals surface area contributed by atoms with Crippen molar-refractivity contribution in [1.82, 2.24) is 15.2 Å². The summed E-state index contributed by atoms with van der Waals surface area (Å²) >= 11 is 11.9. The number of rotatable bonds is 7. The lowest BCUT2D eigenvalue weighted by atomic mass is 10.1. The maximum Gasteiger partial charge on any atom is 0.268 e. The zero-order valence-electron chi connectivity index (χ0n) is 21.1. The molecule has 1 aliphatic heterocycles. The fourth-order valence-electron chi connectivity index (χ4n) is 3.79. The molecule has 1 atom stereocenters. The van der Waals surface area contributed by atoms with Crippen LogP contribution in [0.15, 0.2) is 70.1 Å². The third kappa shape index (κ3) is 7.63. The lowest BCUT2D eigenvalue weighted by Crippen LogP contribution is -2.49. The molecule has 14 heteroatoms. The summed E-state index contributed by atoms with van der Waals surface area (Å²) in [5.74, 6) is -1.62. The van der Waals surface area contributed by atoms with E-state index in [-0.39, 0.29) is 51.5 Å². The van der Waals surface area contributed by atoms with Crippen LogP contribution < -0.4 is 16.0 Å². The zero-order valence-corrected chi connectivity index (χ0v) is 23.5. The maximum absolute atomic E-state index is 13.1. The Hall–Kier alpha value is -3.84. The van der Waals surface area contributed by atoms with Crippen molar-refractivity contribution in [2.45, 2.75) is 4.90 Å². The molecule has 0 radical (unpaired) electrons. The molecule has 0 saturated carbocycles. The molecule has 1 aromatic heterocycles. The number of pyridine rings is 1. The summed E-state index contributed by atoms with van der Waals surface area (Å²) in [5.41, 5.74) is 0.524. The summed E-state index contributed by atoms with van der Waals surface area (Å²) in [5, 5.41) is 8.67. The Morgan fingerprint density at radius 2 is 1.75 bits per heavy atom. The van der Waals surface area contributed by atoms with Crippen molar-refractivity contribution in [3.05, 3.63) is 82.0 Å². The molecule has 0 aliphatic carbocycles. The summed E-state index contributed by atoms with van der Waals surface area (Å²) < 4.78 is 17.0. The predicted molar refractivity (Wildman–Crippen MR) is 152 cm³/mol. The average molecular weight is 603 g/mol. The van der Waals surface area contributed by atoms with Gasteiger partial charge in [0.2, 0.25) is 5.91 Å². The molecule has 1 fully saturated rings. The van der Waals surface area contributed by atoms with Gasteiger partial charge in [-0.1, -0.05) is 23.2 Å². The molecule has 1 aliphatic rings. The SMILES string of the molecule is CS(=O)(=NC(=O)CN1CCNC(=O)C1)c1ccc(C(=O)Nc2ccc(Cl)cc2C(=O)Nc2ccc(Cl)cn2)cc1. The first-order chi connectivity index (χ1) is 19.0. The van der Waals surface area contributed by atoms with Gasteiger partial charge in [0, 0.05) is 41.0 Å². The van der Waals surface area contributed by atoms with Gasteiger partial charge in [0.15, 0.2) is 0 Å². The average Bonchev–Trinajstić information content (AvgIpc) is 2.90. The van der Waals surface area contributed by atoms with Crippen LogP contribution in [0.4, 0.5) is 11.5 Å². The van der Waals surface area contributed by atoms with Crippen molar-refractivity contribution in [3.63, 3.8) is 0 Å². The molecule has 0 bridgehead atoms. The number of aromatic nitrogens is 1. The first-order valence-electron chi connectivity index (χ1n) is 11.9. The maximum atomic E-state index is 13.1. The number of amides is 4. The molecule has 4 amide bonds. The second-order valence-electron chi connectivity index (χ2n) is 8.83. The molecule has 2 heterocycles. The molecule has 3 N–H and O–H groups in total. The molecular weight excluding hydrogens is 579 g/mol. The summed E-state index contributed by atoms with van der Waals surface area (Å²) in [4.78, 5) is 55.7. The van der Waals surface area contributed by atoms with Crippen LogP contribution in [0.2, 0.25) is 10.0 Å². The molecule has 40 heavy (non-hydrogen) atoms. The van der Waals surface area contributed by atoms with E-state index in [4.69, 9.17) is 23.2 Å². The molecule has 1 saturated heterocycles. The van der Waals surface area contributed by atoms with Gasteiger partial charge in [-0.05, 0) is 54.6 Å². The standard InChI is InChI=1S/C26H24Cl2N6O5S/c1-40(39,33-24(36)15-34-11-10-29-23(35)14-34)19-6-2-16(3-7-19)25(37)31-21-8-4-17(27)12-20(21)26(38)32-22-9-5-18(28)13-30-22/h2-9,12-13H,10-11,14-15H2,1H3,(H,29,35)(H,31,37)(H,30,32,38). The Bertz CT molecular complexity index is 1590. The molecule has 1 unspecified atom stereocenters. The van der Waals surface area contributed by atoms with Crippen LogP contribution in [0.5, 0.6) is 0 Å². The lowest BCUT2D eigenvalue weighted by Gasteiger charge is -2.24. The predicted octanol–water partition coefficient (Wildman–Crippen LogP) is 3.31. The minimum absolute atomic E-state index is 0.0744. The van der Waals surface area contributed by atoms with Crippen molar-refractivity contribution in [2.75, 3.05) is 43.1 Å². The fraction of sp³-hybridized carbons (Fsp3) is 0.192. The molecular formula is C26H24Cl2N6O5S. The molecule has 4 rings (SSSR count). The second-order valence-corrected chi connectivity index (χ2v) is 12.0. The van der Waals surface area contributed by atoms with E-state index in [0.29, 0.717) is 18.1 Å². The van der Waals surface area contributed by atoms with E-state index >= 15 is 0 Å². The highest BCUT2D eigenvalue weighted by Crippen LogP contribution is 2.23. The summed E-state index contributed by atoms with van der Waals surface area (Å²) in [6.45, 7) is 0.879. The third-order valence-electron chi connectivity index (χ3n) is 5.75. The van der Waals surface area contributed by atoms with Gasteiger partial charge in [-0.25, -0.2) is 9.19 Å². The number of nitrogens with one attached hydrogen (secondary N) is 3. The van der Waals surface area contributed by atoms with Gasteiger partial charge >= 0.3 is 0 Å². The molecule has 208 valence electrons. The van der Waals surface area contributed by atoms with Crippen LogP contribution in [0.25, 0.3) is 0 Å². The molecule has 0 spiro atoms. The molecule has 3 aromatic rings. The first-order valence-corrected chi connectivity index (χ1v) is 14.6. The number of benzene rings is 2. The number of hydrogen-bond acceptors (Lipinski definition) is 7. The smallest absolute Gasteiger partial charge is 0.268 e. The Balaban J connectivity index is 1.46. The first kappa shape index (κ1) is 29.2. The number of halogens is 2. The van der Waals surface area contributed by atoms with E-state index < -0.39 is 27.5 Å². The van der Waals surface area contributed by atoms with Crippen LogP contribution in [-0.4, -0.2) is 70.2 Å². The van der Waals surface area contributed by atoms with Crippen molar-refractivity contribution in [1.29, 1.82) is 0 Å². The minimum Gasteiger partial charge on any atom is -0.354 e. The zero-order chi connectivity index (χ0) is 28.9. The summed E-state index contributed by atoms with van der Waals surface area (Å²) in [7, 11) is -3.10. The topological polar surface area (TPSA) is 150 Å². The summed E-state index contributed by atoms with van der Waals surface area (Å²) in [6.07, 6.45) is 2.71. The Morgan fingerprint density at radius 3 is 2.42 bits per heavy atom. The van der Waals surface area contributed by atoms with Crippen molar-refractivity contribution < 1.29 is 23.4 Å². The second kappa shape index (κ2) is 12.6. The van der Waals surface area contributed by atoms with Crippen LogP contribution in [-0.2, 0) is 19.3 Å². The normalized spacial score (nSPS) is 14.9.